The van der Waals surface area contributed by atoms with E-state index in [9.17, 15) is 4.79 Å². The lowest BCUT2D eigenvalue weighted by molar-refractivity contribution is -0.136. The van der Waals surface area contributed by atoms with Gasteiger partial charge in [-0.2, -0.15) is 0 Å². The number of hydrogen-bond acceptors (Lipinski definition) is 5. The van der Waals surface area contributed by atoms with E-state index in [2.05, 4.69) is 6.07 Å². The maximum atomic E-state index is 11.8. The van der Waals surface area contributed by atoms with E-state index in [1.54, 1.807) is 6.92 Å². The zero-order valence-electron chi connectivity index (χ0n) is 12.3. The Labute approximate surface area is 124 Å². The summed E-state index contributed by atoms with van der Waals surface area (Å²) in [5.74, 6) is 0.851. The first-order chi connectivity index (χ1) is 10.1. The molecule has 0 spiro atoms. The molecule has 112 valence electrons. The van der Waals surface area contributed by atoms with Crippen LogP contribution in [-0.4, -0.2) is 13.1 Å². The van der Waals surface area contributed by atoms with Crippen LogP contribution in [0, 0.1) is 0 Å². The van der Waals surface area contributed by atoms with Crippen LogP contribution in [0.15, 0.2) is 47.5 Å². The number of carbonyl (C=O) groups excluding carboxylic acids is 1. The van der Waals surface area contributed by atoms with E-state index in [-0.39, 0.29) is 17.0 Å². The second kappa shape index (κ2) is 6.35. The topological polar surface area (TPSA) is 87.6 Å². The van der Waals surface area contributed by atoms with E-state index in [1.807, 2.05) is 18.2 Å². The molecule has 0 aromatic heterocycles. The van der Waals surface area contributed by atoms with E-state index < -0.39 is 5.97 Å². The van der Waals surface area contributed by atoms with Crippen molar-refractivity contribution in [3.05, 3.63) is 53.1 Å². The summed E-state index contributed by atoms with van der Waals surface area (Å²) in [6.45, 7) is 1.60. The maximum Gasteiger partial charge on any atom is 0.343 e. The van der Waals surface area contributed by atoms with Crippen LogP contribution in [0.3, 0.4) is 0 Å². The third-order valence-corrected chi connectivity index (χ3v) is 3.32. The quantitative estimate of drug-likeness (QED) is 0.375. The predicted octanol–water partition coefficient (Wildman–Crippen LogP) is 2.15. The van der Waals surface area contributed by atoms with Crippen molar-refractivity contribution in [2.24, 2.45) is 11.5 Å². The van der Waals surface area contributed by atoms with Gasteiger partial charge in [-0.15, -0.1) is 0 Å². The number of methoxy groups -OCH3 is 1. The standard InChI is InChI=1S/C16H20N2O3/c1-10(18)15(16(19)20-2)14(9-17)21-13-5-3-4-12(8-13)11-6-7-11/h3-5,8-9,11H,6-7,17-18H2,1-2H3/b14-9+,15-10+. The Morgan fingerprint density at radius 2 is 2.10 bits per heavy atom. The summed E-state index contributed by atoms with van der Waals surface area (Å²) in [7, 11) is 1.28. The number of allylic oxidation sites excluding steroid dienone is 1. The minimum absolute atomic E-state index is 0.136. The van der Waals surface area contributed by atoms with Crippen LogP contribution in [0.5, 0.6) is 5.75 Å². The molecule has 21 heavy (non-hydrogen) atoms. The number of esters is 1. The van der Waals surface area contributed by atoms with E-state index in [0.717, 1.165) is 0 Å². The van der Waals surface area contributed by atoms with Crippen molar-refractivity contribution in [1.82, 2.24) is 0 Å². The second-order valence-electron chi connectivity index (χ2n) is 5.03. The average molecular weight is 288 g/mol. The molecule has 1 aliphatic rings. The van der Waals surface area contributed by atoms with Gasteiger partial charge in [0.15, 0.2) is 5.76 Å². The summed E-state index contributed by atoms with van der Waals surface area (Å²) in [5.41, 5.74) is 13.0. The molecule has 0 unspecified atom stereocenters. The molecular formula is C16H20N2O3. The van der Waals surface area contributed by atoms with Crippen molar-refractivity contribution in [3.63, 3.8) is 0 Å². The largest absolute Gasteiger partial charge is 0.465 e. The van der Waals surface area contributed by atoms with Crippen molar-refractivity contribution >= 4 is 5.97 Å². The zero-order valence-corrected chi connectivity index (χ0v) is 12.3. The van der Waals surface area contributed by atoms with Gasteiger partial charge in [0.1, 0.15) is 11.3 Å². The molecule has 0 aliphatic heterocycles. The van der Waals surface area contributed by atoms with Gasteiger partial charge in [-0.05, 0) is 43.4 Å². The first-order valence-corrected chi connectivity index (χ1v) is 6.81. The number of nitrogens with two attached hydrogens (primary N) is 2. The van der Waals surface area contributed by atoms with Crippen LogP contribution in [0.4, 0.5) is 0 Å². The number of benzene rings is 1. The van der Waals surface area contributed by atoms with Crippen molar-refractivity contribution in [2.75, 3.05) is 7.11 Å². The molecule has 1 fully saturated rings. The van der Waals surface area contributed by atoms with Crippen LogP contribution in [0.2, 0.25) is 0 Å². The monoisotopic (exact) mass is 288 g/mol. The van der Waals surface area contributed by atoms with Crippen LogP contribution < -0.4 is 16.2 Å². The highest BCUT2D eigenvalue weighted by molar-refractivity contribution is 5.93. The van der Waals surface area contributed by atoms with Crippen LogP contribution in [0.1, 0.15) is 31.2 Å². The molecule has 5 nitrogen and oxygen atoms in total. The van der Waals surface area contributed by atoms with E-state index in [1.165, 1.54) is 31.7 Å². The molecule has 1 saturated carbocycles. The van der Waals surface area contributed by atoms with E-state index in [0.29, 0.717) is 11.7 Å². The Kier molecular flexibility index (Phi) is 4.52. The lowest BCUT2D eigenvalue weighted by Gasteiger charge is -2.13. The van der Waals surface area contributed by atoms with Gasteiger partial charge in [-0.25, -0.2) is 4.79 Å². The molecule has 0 heterocycles. The first-order valence-electron chi connectivity index (χ1n) is 6.81. The van der Waals surface area contributed by atoms with Crippen molar-refractivity contribution in [2.45, 2.75) is 25.7 Å². The Hall–Kier alpha value is -2.43. The van der Waals surface area contributed by atoms with Gasteiger partial charge in [0.2, 0.25) is 0 Å². The fourth-order valence-electron chi connectivity index (χ4n) is 2.10. The average Bonchev–Trinajstić information content (AvgIpc) is 3.30. The highest BCUT2D eigenvalue weighted by Crippen LogP contribution is 2.41. The highest BCUT2D eigenvalue weighted by atomic mass is 16.5. The van der Waals surface area contributed by atoms with Crippen molar-refractivity contribution < 1.29 is 14.3 Å². The molecule has 0 bridgehead atoms. The minimum atomic E-state index is -0.579. The number of carbonyl (C=O) groups is 1. The molecular weight excluding hydrogens is 268 g/mol. The molecule has 2 rings (SSSR count). The third-order valence-electron chi connectivity index (χ3n) is 3.32. The Bertz CT molecular complexity index is 597. The molecule has 1 aliphatic carbocycles. The molecule has 4 N–H and O–H groups in total. The van der Waals surface area contributed by atoms with E-state index in [4.69, 9.17) is 20.9 Å². The number of rotatable bonds is 5. The Morgan fingerprint density at radius 3 is 2.62 bits per heavy atom. The molecule has 1 aromatic carbocycles. The van der Waals surface area contributed by atoms with E-state index >= 15 is 0 Å². The second-order valence-corrected chi connectivity index (χ2v) is 5.03. The smallest absolute Gasteiger partial charge is 0.343 e. The SMILES string of the molecule is COC(=O)C(/C(=C\N)Oc1cccc(C2CC2)c1)=C(\C)N. The van der Waals surface area contributed by atoms with Crippen molar-refractivity contribution in [1.29, 1.82) is 0 Å². The van der Waals surface area contributed by atoms with Crippen molar-refractivity contribution in [3.8, 4) is 5.75 Å². The summed E-state index contributed by atoms with van der Waals surface area (Å²) >= 11 is 0. The Morgan fingerprint density at radius 1 is 1.38 bits per heavy atom. The lowest BCUT2D eigenvalue weighted by atomic mass is 10.1. The van der Waals surface area contributed by atoms with Gasteiger partial charge in [-0.3, -0.25) is 0 Å². The van der Waals surface area contributed by atoms with Gasteiger partial charge in [-0.1, -0.05) is 12.1 Å². The molecule has 0 amide bonds. The first kappa shape index (κ1) is 15.0. The summed E-state index contributed by atoms with van der Waals surface area (Å²) in [4.78, 5) is 11.8. The third kappa shape index (κ3) is 3.56. The summed E-state index contributed by atoms with van der Waals surface area (Å²) in [6, 6.07) is 7.77. The minimum Gasteiger partial charge on any atom is -0.465 e. The summed E-state index contributed by atoms with van der Waals surface area (Å²) < 4.78 is 10.4. The fourth-order valence-corrected chi connectivity index (χ4v) is 2.10. The molecule has 1 aromatic rings. The van der Waals surface area contributed by atoms with Crippen LogP contribution in [0.25, 0.3) is 0 Å². The van der Waals surface area contributed by atoms with Gasteiger partial charge in [0.05, 0.1) is 7.11 Å². The zero-order chi connectivity index (χ0) is 15.4. The molecule has 0 saturated heterocycles. The molecule has 0 atom stereocenters. The normalized spacial score (nSPS) is 16.2. The molecule has 5 heteroatoms. The van der Waals surface area contributed by atoms with Gasteiger partial charge < -0.3 is 20.9 Å². The summed E-state index contributed by atoms with van der Waals surface area (Å²) in [5, 5.41) is 0. The number of ether oxygens (including phenoxy) is 2. The summed E-state index contributed by atoms with van der Waals surface area (Å²) in [6.07, 6.45) is 3.63. The maximum absolute atomic E-state index is 11.8. The van der Waals surface area contributed by atoms with Crippen LogP contribution >= 0.6 is 0 Å². The number of hydrogen-bond donors (Lipinski definition) is 2. The highest BCUT2D eigenvalue weighted by Gasteiger charge is 2.24. The van der Waals surface area contributed by atoms with Crippen LogP contribution in [-0.2, 0) is 9.53 Å². The van der Waals surface area contributed by atoms with Gasteiger partial charge in [0, 0.05) is 11.9 Å². The van der Waals surface area contributed by atoms with Gasteiger partial charge >= 0.3 is 5.97 Å². The predicted molar refractivity (Wildman–Crippen MR) is 80.2 cm³/mol. The fraction of sp³-hybridized carbons (Fsp3) is 0.312. The van der Waals surface area contributed by atoms with Gasteiger partial charge in [0.25, 0.3) is 0 Å². The lowest BCUT2D eigenvalue weighted by Crippen LogP contribution is -2.17. The molecule has 0 radical (unpaired) electrons. The Balaban J connectivity index is 2.24.